The third-order valence-corrected chi connectivity index (χ3v) is 4.86. The van der Waals surface area contributed by atoms with Crippen molar-refractivity contribution in [2.45, 2.75) is 32.9 Å². The van der Waals surface area contributed by atoms with Gasteiger partial charge in [0.25, 0.3) is 0 Å². The van der Waals surface area contributed by atoms with Crippen molar-refractivity contribution in [2.75, 3.05) is 11.5 Å². The van der Waals surface area contributed by atoms with Crippen LogP contribution in [0, 0.1) is 13.8 Å². The van der Waals surface area contributed by atoms with E-state index in [-0.39, 0.29) is 23.6 Å². The summed E-state index contributed by atoms with van der Waals surface area (Å²) in [6, 6.07) is -0.0679. The van der Waals surface area contributed by atoms with Gasteiger partial charge in [0.1, 0.15) is 0 Å². The van der Waals surface area contributed by atoms with Crippen LogP contribution in [-0.2, 0) is 9.84 Å². The zero-order valence-corrected chi connectivity index (χ0v) is 10.6. The van der Waals surface area contributed by atoms with Crippen molar-refractivity contribution < 1.29 is 8.42 Å². The Kier molecular flexibility index (Phi) is 2.58. The van der Waals surface area contributed by atoms with Gasteiger partial charge in [-0.25, -0.2) is 8.42 Å². The van der Waals surface area contributed by atoms with Gasteiger partial charge in [-0.2, -0.15) is 5.10 Å². The van der Waals surface area contributed by atoms with Gasteiger partial charge in [-0.3, -0.25) is 4.68 Å². The van der Waals surface area contributed by atoms with Crippen LogP contribution in [0.3, 0.4) is 0 Å². The number of sulfone groups is 1. The molecular formula is C10H17N3O2S. The van der Waals surface area contributed by atoms with Crippen LogP contribution in [0.2, 0.25) is 0 Å². The van der Waals surface area contributed by atoms with Gasteiger partial charge in [-0.15, -0.1) is 0 Å². The van der Waals surface area contributed by atoms with E-state index in [1.165, 1.54) is 0 Å². The minimum absolute atomic E-state index is 0.00352. The molecule has 90 valence electrons. The minimum Gasteiger partial charge on any atom is -0.324 e. The summed E-state index contributed by atoms with van der Waals surface area (Å²) in [5.41, 5.74) is 8.79. The van der Waals surface area contributed by atoms with E-state index in [0.29, 0.717) is 0 Å². The summed E-state index contributed by atoms with van der Waals surface area (Å²) in [6.45, 7) is 5.78. The summed E-state index contributed by atoms with van der Waals surface area (Å²) >= 11 is 0. The monoisotopic (exact) mass is 243 g/mol. The van der Waals surface area contributed by atoms with Gasteiger partial charge in [-0.1, -0.05) is 0 Å². The quantitative estimate of drug-likeness (QED) is 0.820. The summed E-state index contributed by atoms with van der Waals surface area (Å²) in [5, 5.41) is 4.39. The van der Waals surface area contributed by atoms with Crippen molar-refractivity contribution in [1.29, 1.82) is 0 Å². The molecule has 2 rings (SSSR count). The topological polar surface area (TPSA) is 78.0 Å². The fourth-order valence-corrected chi connectivity index (χ4v) is 3.73. The maximum absolute atomic E-state index is 11.1. The Morgan fingerprint density at radius 1 is 1.44 bits per heavy atom. The average Bonchev–Trinajstić information content (AvgIpc) is 2.37. The second kappa shape index (κ2) is 3.56. The third-order valence-electron chi connectivity index (χ3n) is 3.07. The molecule has 1 fully saturated rings. The number of rotatable bonds is 2. The first-order valence-electron chi connectivity index (χ1n) is 5.33. The summed E-state index contributed by atoms with van der Waals surface area (Å²) in [5.74, 6) is 0.403. The molecule has 6 heteroatoms. The first kappa shape index (κ1) is 11.6. The molecule has 1 unspecified atom stereocenters. The van der Waals surface area contributed by atoms with Crippen molar-refractivity contribution in [3.63, 3.8) is 0 Å². The maximum atomic E-state index is 11.1. The number of nitrogens with zero attached hydrogens (tertiary/aromatic N) is 2. The van der Waals surface area contributed by atoms with Gasteiger partial charge in [-0.05, 0) is 20.8 Å². The van der Waals surface area contributed by atoms with Crippen molar-refractivity contribution in [3.05, 3.63) is 17.0 Å². The van der Waals surface area contributed by atoms with E-state index in [2.05, 4.69) is 5.10 Å². The molecule has 0 bridgehead atoms. The maximum Gasteiger partial charge on any atom is 0.154 e. The molecule has 5 nitrogen and oxygen atoms in total. The highest BCUT2D eigenvalue weighted by Gasteiger charge is 2.36. The molecule has 1 aliphatic heterocycles. The average molecular weight is 243 g/mol. The SMILES string of the molecule is Cc1nn(C2CS(=O)(=O)C2)c(C)c1C(C)N. The minimum atomic E-state index is -2.81. The fourth-order valence-electron chi connectivity index (χ4n) is 2.37. The first-order chi connectivity index (χ1) is 7.32. The van der Waals surface area contributed by atoms with Crippen LogP contribution in [0.4, 0.5) is 0 Å². The number of aryl methyl sites for hydroxylation is 1. The lowest BCUT2D eigenvalue weighted by atomic mass is 10.1. The van der Waals surface area contributed by atoms with E-state index < -0.39 is 9.84 Å². The molecule has 0 saturated carbocycles. The molecule has 16 heavy (non-hydrogen) atoms. The number of aromatic nitrogens is 2. The predicted octanol–water partition coefficient (Wildman–Crippen LogP) is 0.489. The lowest BCUT2D eigenvalue weighted by Crippen LogP contribution is -2.39. The standard InChI is InChI=1S/C10H17N3O2S/c1-6(11)10-7(2)12-13(8(10)3)9-4-16(14,15)5-9/h6,9H,4-5,11H2,1-3H3. The van der Waals surface area contributed by atoms with Gasteiger partial charge in [0.15, 0.2) is 9.84 Å². The largest absolute Gasteiger partial charge is 0.324 e. The Bertz CT molecular complexity index is 504. The number of hydrogen-bond acceptors (Lipinski definition) is 4. The second-order valence-corrected chi connectivity index (χ2v) is 6.70. The van der Waals surface area contributed by atoms with Crippen molar-refractivity contribution in [3.8, 4) is 0 Å². The van der Waals surface area contributed by atoms with E-state index >= 15 is 0 Å². The normalized spacial score (nSPS) is 21.8. The van der Waals surface area contributed by atoms with Crippen molar-refractivity contribution >= 4 is 9.84 Å². The molecule has 1 aliphatic rings. The molecule has 1 saturated heterocycles. The van der Waals surface area contributed by atoms with Crippen molar-refractivity contribution in [2.24, 2.45) is 5.73 Å². The first-order valence-corrected chi connectivity index (χ1v) is 7.15. The molecule has 0 spiro atoms. The van der Waals surface area contributed by atoms with Gasteiger partial charge in [0, 0.05) is 17.3 Å². The summed E-state index contributed by atoms with van der Waals surface area (Å²) in [6.07, 6.45) is 0. The van der Waals surface area contributed by atoms with Gasteiger partial charge in [0.2, 0.25) is 0 Å². The molecule has 1 atom stereocenters. The van der Waals surface area contributed by atoms with Gasteiger partial charge >= 0.3 is 0 Å². The van der Waals surface area contributed by atoms with Crippen LogP contribution in [0.5, 0.6) is 0 Å². The molecule has 0 aromatic carbocycles. The predicted molar refractivity (Wildman–Crippen MR) is 62.0 cm³/mol. The highest BCUT2D eigenvalue weighted by molar-refractivity contribution is 7.92. The molecular weight excluding hydrogens is 226 g/mol. The number of nitrogens with two attached hydrogens (primary N) is 1. The fraction of sp³-hybridized carbons (Fsp3) is 0.700. The van der Waals surface area contributed by atoms with E-state index in [1.54, 1.807) is 0 Å². The molecule has 2 N–H and O–H groups in total. The van der Waals surface area contributed by atoms with E-state index in [0.717, 1.165) is 17.0 Å². The van der Waals surface area contributed by atoms with E-state index in [4.69, 9.17) is 5.73 Å². The second-order valence-electron chi connectivity index (χ2n) is 4.55. The molecule has 1 aromatic heterocycles. The van der Waals surface area contributed by atoms with Crippen LogP contribution in [0.1, 0.15) is 36.0 Å². The molecule has 1 aromatic rings. The molecule has 0 amide bonds. The molecule has 2 heterocycles. The lowest BCUT2D eigenvalue weighted by molar-refractivity contribution is 0.463. The summed E-state index contributed by atoms with van der Waals surface area (Å²) < 4.78 is 24.1. The van der Waals surface area contributed by atoms with Crippen LogP contribution in [-0.4, -0.2) is 29.7 Å². The summed E-state index contributed by atoms with van der Waals surface area (Å²) in [7, 11) is -2.81. The van der Waals surface area contributed by atoms with E-state index in [1.807, 2.05) is 25.5 Å². The highest BCUT2D eigenvalue weighted by Crippen LogP contribution is 2.28. The van der Waals surface area contributed by atoms with Crippen LogP contribution < -0.4 is 5.73 Å². The zero-order valence-electron chi connectivity index (χ0n) is 9.77. The Morgan fingerprint density at radius 3 is 2.38 bits per heavy atom. The van der Waals surface area contributed by atoms with E-state index in [9.17, 15) is 8.42 Å². The Balaban J connectivity index is 2.34. The Hall–Kier alpha value is -0.880. The number of hydrogen-bond donors (Lipinski definition) is 1. The van der Waals surface area contributed by atoms with Gasteiger partial charge in [0.05, 0.1) is 23.2 Å². The Morgan fingerprint density at radius 2 is 2.00 bits per heavy atom. The highest BCUT2D eigenvalue weighted by atomic mass is 32.2. The smallest absolute Gasteiger partial charge is 0.154 e. The van der Waals surface area contributed by atoms with Crippen LogP contribution in [0.25, 0.3) is 0 Å². The van der Waals surface area contributed by atoms with Gasteiger partial charge < -0.3 is 5.73 Å². The Labute approximate surface area is 95.6 Å². The lowest BCUT2D eigenvalue weighted by Gasteiger charge is -2.27. The zero-order chi connectivity index (χ0) is 12.1. The third kappa shape index (κ3) is 1.76. The van der Waals surface area contributed by atoms with Crippen molar-refractivity contribution in [1.82, 2.24) is 9.78 Å². The summed E-state index contributed by atoms with van der Waals surface area (Å²) in [4.78, 5) is 0. The molecule has 0 radical (unpaired) electrons. The molecule has 0 aliphatic carbocycles. The van der Waals surface area contributed by atoms with Crippen LogP contribution >= 0.6 is 0 Å². The van der Waals surface area contributed by atoms with Crippen LogP contribution in [0.15, 0.2) is 0 Å².